The topological polar surface area (TPSA) is 52.7 Å². The van der Waals surface area contributed by atoms with Gasteiger partial charge in [-0.25, -0.2) is 0 Å². The maximum Gasteiger partial charge on any atom is 0.242 e. The molecule has 2 amide bonds. The minimum atomic E-state index is -0.259. The van der Waals surface area contributed by atoms with Gasteiger partial charge in [-0.3, -0.25) is 9.59 Å². The molecular formula is C15H27N3O2. The normalized spacial score (nSPS) is 21.8. The Balaban J connectivity index is 1.94. The standard InChI is InChI=1S/C15H27N3O2/c1-3-15(6-8-16-9-7-15)14(20)17(2)12-13(19)18-10-4-5-11-18/h16H,3-12H2,1-2H3. The molecule has 0 aromatic carbocycles. The lowest BCUT2D eigenvalue weighted by atomic mass is 9.75. The third-order valence-electron chi connectivity index (χ3n) is 4.87. The Morgan fingerprint density at radius 2 is 1.80 bits per heavy atom. The summed E-state index contributed by atoms with van der Waals surface area (Å²) in [4.78, 5) is 28.4. The van der Waals surface area contributed by atoms with E-state index in [0.29, 0.717) is 0 Å². The fraction of sp³-hybridized carbons (Fsp3) is 0.867. The largest absolute Gasteiger partial charge is 0.341 e. The molecule has 0 spiro atoms. The van der Waals surface area contributed by atoms with Gasteiger partial charge in [0.2, 0.25) is 11.8 Å². The van der Waals surface area contributed by atoms with Crippen LogP contribution in [0.3, 0.4) is 0 Å². The lowest BCUT2D eigenvalue weighted by Gasteiger charge is -2.38. The molecule has 5 nitrogen and oxygen atoms in total. The molecule has 0 aromatic heterocycles. The van der Waals surface area contributed by atoms with E-state index in [2.05, 4.69) is 12.2 Å². The van der Waals surface area contributed by atoms with Crippen LogP contribution in [-0.2, 0) is 9.59 Å². The summed E-state index contributed by atoms with van der Waals surface area (Å²) >= 11 is 0. The summed E-state index contributed by atoms with van der Waals surface area (Å²) < 4.78 is 0. The highest BCUT2D eigenvalue weighted by molar-refractivity contribution is 5.88. The van der Waals surface area contributed by atoms with E-state index < -0.39 is 0 Å². The molecule has 2 aliphatic rings. The van der Waals surface area contributed by atoms with E-state index in [0.717, 1.165) is 58.3 Å². The van der Waals surface area contributed by atoms with Gasteiger partial charge in [-0.1, -0.05) is 6.92 Å². The zero-order chi connectivity index (χ0) is 14.6. The maximum absolute atomic E-state index is 12.7. The maximum atomic E-state index is 12.7. The Bertz CT molecular complexity index is 358. The number of hydrogen-bond donors (Lipinski definition) is 1. The van der Waals surface area contributed by atoms with E-state index in [1.54, 1.807) is 11.9 Å². The molecule has 2 heterocycles. The Morgan fingerprint density at radius 1 is 1.20 bits per heavy atom. The first kappa shape index (κ1) is 15.3. The summed E-state index contributed by atoms with van der Waals surface area (Å²) in [6.45, 7) is 5.81. The molecule has 2 rings (SSSR count). The molecule has 2 aliphatic heterocycles. The van der Waals surface area contributed by atoms with Crippen LogP contribution in [-0.4, -0.2) is 61.4 Å². The zero-order valence-corrected chi connectivity index (χ0v) is 12.8. The average Bonchev–Trinajstić information content (AvgIpc) is 3.01. The first-order chi connectivity index (χ1) is 9.59. The number of nitrogens with zero attached hydrogens (tertiary/aromatic N) is 2. The van der Waals surface area contributed by atoms with E-state index in [1.165, 1.54) is 0 Å². The van der Waals surface area contributed by atoms with E-state index in [-0.39, 0.29) is 23.8 Å². The molecule has 2 saturated heterocycles. The fourth-order valence-corrected chi connectivity index (χ4v) is 3.37. The molecule has 0 atom stereocenters. The van der Waals surface area contributed by atoms with Crippen LogP contribution in [0.25, 0.3) is 0 Å². The van der Waals surface area contributed by atoms with Gasteiger partial charge in [0.1, 0.15) is 0 Å². The van der Waals surface area contributed by atoms with Crippen molar-refractivity contribution in [2.45, 2.75) is 39.0 Å². The lowest BCUT2D eigenvalue weighted by Crippen LogP contribution is -2.50. The van der Waals surface area contributed by atoms with Gasteiger partial charge in [0.05, 0.1) is 12.0 Å². The van der Waals surface area contributed by atoms with Crippen molar-refractivity contribution in [3.63, 3.8) is 0 Å². The predicted octanol–water partition coefficient (Wildman–Crippen LogP) is 0.847. The number of rotatable bonds is 4. The molecule has 20 heavy (non-hydrogen) atoms. The number of amides is 2. The summed E-state index contributed by atoms with van der Waals surface area (Å²) in [7, 11) is 1.77. The van der Waals surface area contributed by atoms with Gasteiger partial charge in [-0.2, -0.15) is 0 Å². The number of likely N-dealkylation sites (N-methyl/N-ethyl adjacent to an activating group) is 1. The first-order valence-electron chi connectivity index (χ1n) is 7.83. The molecule has 114 valence electrons. The molecule has 0 bridgehead atoms. The number of carbonyl (C=O) groups excluding carboxylic acids is 2. The van der Waals surface area contributed by atoms with Crippen LogP contribution in [0.2, 0.25) is 0 Å². The fourth-order valence-electron chi connectivity index (χ4n) is 3.37. The highest BCUT2D eigenvalue weighted by Gasteiger charge is 2.40. The van der Waals surface area contributed by atoms with E-state index in [4.69, 9.17) is 0 Å². The molecule has 2 fully saturated rings. The smallest absolute Gasteiger partial charge is 0.242 e. The Kier molecular flexibility index (Phi) is 5.02. The van der Waals surface area contributed by atoms with Gasteiger partial charge in [0.25, 0.3) is 0 Å². The van der Waals surface area contributed by atoms with Gasteiger partial charge >= 0.3 is 0 Å². The van der Waals surface area contributed by atoms with Crippen molar-refractivity contribution in [3.05, 3.63) is 0 Å². The highest BCUT2D eigenvalue weighted by atomic mass is 16.2. The molecule has 0 aliphatic carbocycles. The second-order valence-corrected chi connectivity index (χ2v) is 6.13. The molecule has 1 N–H and O–H groups in total. The third-order valence-corrected chi connectivity index (χ3v) is 4.87. The van der Waals surface area contributed by atoms with Gasteiger partial charge < -0.3 is 15.1 Å². The Labute approximate surface area is 121 Å². The van der Waals surface area contributed by atoms with Crippen LogP contribution in [0, 0.1) is 5.41 Å². The quantitative estimate of drug-likeness (QED) is 0.831. The Morgan fingerprint density at radius 3 is 2.35 bits per heavy atom. The summed E-state index contributed by atoms with van der Waals surface area (Å²) in [6.07, 6.45) is 4.80. The van der Waals surface area contributed by atoms with Crippen molar-refractivity contribution in [1.29, 1.82) is 0 Å². The second-order valence-electron chi connectivity index (χ2n) is 6.13. The summed E-state index contributed by atoms with van der Waals surface area (Å²) in [5.41, 5.74) is -0.259. The number of likely N-dealkylation sites (tertiary alicyclic amines) is 1. The molecule has 5 heteroatoms. The van der Waals surface area contributed by atoms with E-state index in [9.17, 15) is 9.59 Å². The van der Waals surface area contributed by atoms with Crippen LogP contribution in [0.1, 0.15) is 39.0 Å². The van der Waals surface area contributed by atoms with Crippen LogP contribution >= 0.6 is 0 Å². The van der Waals surface area contributed by atoms with Crippen LogP contribution in [0.5, 0.6) is 0 Å². The highest BCUT2D eigenvalue weighted by Crippen LogP contribution is 2.34. The summed E-state index contributed by atoms with van der Waals surface area (Å²) in [6, 6.07) is 0. The van der Waals surface area contributed by atoms with Gasteiger partial charge in [0, 0.05) is 20.1 Å². The SMILES string of the molecule is CCC1(C(=O)N(C)CC(=O)N2CCCC2)CCNCC1. The van der Waals surface area contributed by atoms with E-state index in [1.807, 2.05) is 4.90 Å². The third kappa shape index (κ3) is 3.14. The summed E-state index contributed by atoms with van der Waals surface area (Å²) in [5.74, 6) is 0.243. The van der Waals surface area contributed by atoms with Crippen LogP contribution in [0.15, 0.2) is 0 Å². The second kappa shape index (κ2) is 6.57. The van der Waals surface area contributed by atoms with Crippen molar-refractivity contribution in [2.75, 3.05) is 39.8 Å². The average molecular weight is 281 g/mol. The van der Waals surface area contributed by atoms with Crippen molar-refractivity contribution in [1.82, 2.24) is 15.1 Å². The number of hydrogen-bond acceptors (Lipinski definition) is 3. The minimum Gasteiger partial charge on any atom is -0.341 e. The van der Waals surface area contributed by atoms with Crippen molar-refractivity contribution in [3.8, 4) is 0 Å². The predicted molar refractivity (Wildman–Crippen MR) is 78.3 cm³/mol. The van der Waals surface area contributed by atoms with Crippen LogP contribution < -0.4 is 5.32 Å². The molecular weight excluding hydrogens is 254 g/mol. The van der Waals surface area contributed by atoms with Crippen molar-refractivity contribution < 1.29 is 9.59 Å². The molecule has 0 aromatic rings. The summed E-state index contributed by atoms with van der Waals surface area (Å²) in [5, 5.41) is 3.31. The van der Waals surface area contributed by atoms with Crippen molar-refractivity contribution in [2.24, 2.45) is 5.41 Å². The van der Waals surface area contributed by atoms with E-state index >= 15 is 0 Å². The first-order valence-corrected chi connectivity index (χ1v) is 7.83. The lowest BCUT2D eigenvalue weighted by molar-refractivity contribution is -0.147. The van der Waals surface area contributed by atoms with Gasteiger partial charge in [0.15, 0.2) is 0 Å². The molecule has 0 unspecified atom stereocenters. The monoisotopic (exact) mass is 281 g/mol. The molecule has 0 radical (unpaired) electrons. The Hall–Kier alpha value is -1.10. The van der Waals surface area contributed by atoms with Gasteiger partial charge in [-0.15, -0.1) is 0 Å². The van der Waals surface area contributed by atoms with Crippen molar-refractivity contribution >= 4 is 11.8 Å². The number of nitrogens with one attached hydrogen (secondary N) is 1. The van der Waals surface area contributed by atoms with Crippen LogP contribution in [0.4, 0.5) is 0 Å². The number of carbonyl (C=O) groups is 2. The number of piperidine rings is 1. The minimum absolute atomic E-state index is 0.0959. The molecule has 0 saturated carbocycles. The van der Waals surface area contributed by atoms with Gasteiger partial charge in [-0.05, 0) is 45.2 Å². The zero-order valence-electron chi connectivity index (χ0n) is 12.8.